The third-order valence-electron chi connectivity index (χ3n) is 3.30. The second kappa shape index (κ2) is 5.59. The Kier molecular flexibility index (Phi) is 4.13. The zero-order valence-corrected chi connectivity index (χ0v) is 12.2. The van der Waals surface area contributed by atoms with E-state index in [1.165, 1.54) is 6.08 Å². The van der Waals surface area contributed by atoms with Crippen LogP contribution in [-0.2, 0) is 15.7 Å². The number of carbonyl (C=O) groups excluding carboxylic acids is 2. The fourth-order valence-electron chi connectivity index (χ4n) is 2.33. The van der Waals surface area contributed by atoms with Gasteiger partial charge in [0.2, 0.25) is 0 Å². The smallest absolute Gasteiger partial charge is 0.416 e. The fourth-order valence-corrected chi connectivity index (χ4v) is 2.33. The minimum absolute atomic E-state index is 0.00438. The summed E-state index contributed by atoms with van der Waals surface area (Å²) in [6.07, 6.45) is -2.39. The maximum atomic E-state index is 12.5. The Labute approximate surface area is 125 Å². The van der Waals surface area contributed by atoms with Crippen LogP contribution < -0.4 is 0 Å². The van der Waals surface area contributed by atoms with Crippen molar-refractivity contribution in [2.45, 2.75) is 32.9 Å². The molecule has 0 saturated heterocycles. The van der Waals surface area contributed by atoms with Gasteiger partial charge in [-0.05, 0) is 29.7 Å². The van der Waals surface area contributed by atoms with Crippen LogP contribution in [0.2, 0.25) is 0 Å². The van der Waals surface area contributed by atoms with Crippen LogP contribution in [0.15, 0.2) is 36.1 Å². The van der Waals surface area contributed by atoms with Gasteiger partial charge in [-0.1, -0.05) is 13.8 Å². The lowest BCUT2D eigenvalue weighted by atomic mass is 9.79. The van der Waals surface area contributed by atoms with E-state index >= 15 is 0 Å². The molecule has 0 fully saturated rings. The van der Waals surface area contributed by atoms with Crippen molar-refractivity contribution < 1.29 is 27.5 Å². The number of allylic oxidation sites excluding steroid dienone is 2. The topological polar surface area (TPSA) is 43.4 Å². The molecule has 1 aliphatic rings. The molecular formula is C16H15F3O3. The van der Waals surface area contributed by atoms with Gasteiger partial charge < -0.3 is 4.74 Å². The molecule has 1 aromatic rings. The summed E-state index contributed by atoms with van der Waals surface area (Å²) < 4.78 is 42.5. The molecule has 3 nitrogen and oxygen atoms in total. The molecule has 0 radical (unpaired) electrons. The van der Waals surface area contributed by atoms with E-state index in [2.05, 4.69) is 0 Å². The Morgan fingerprint density at radius 1 is 1.14 bits per heavy atom. The summed E-state index contributed by atoms with van der Waals surface area (Å²) in [6.45, 7) is 3.76. The minimum Gasteiger partial charge on any atom is -0.427 e. The van der Waals surface area contributed by atoms with Gasteiger partial charge in [0.1, 0.15) is 5.76 Å². The number of hydrogen-bond acceptors (Lipinski definition) is 3. The summed E-state index contributed by atoms with van der Waals surface area (Å²) in [5.74, 6) is -0.664. The second-order valence-electron chi connectivity index (χ2n) is 6.06. The van der Waals surface area contributed by atoms with Crippen molar-refractivity contribution in [3.8, 4) is 0 Å². The molecule has 1 aromatic carbocycles. The fraction of sp³-hybridized carbons (Fsp3) is 0.375. The number of benzene rings is 1. The van der Waals surface area contributed by atoms with Gasteiger partial charge in [-0.25, -0.2) is 4.79 Å². The maximum absolute atomic E-state index is 12.5. The number of halogens is 3. The van der Waals surface area contributed by atoms with Gasteiger partial charge in [0, 0.05) is 18.9 Å². The summed E-state index contributed by atoms with van der Waals surface area (Å²) in [5, 5.41) is 0. The Bertz CT molecular complexity index is 625. The average molecular weight is 312 g/mol. The molecule has 0 atom stereocenters. The van der Waals surface area contributed by atoms with E-state index in [0.717, 1.165) is 24.3 Å². The van der Waals surface area contributed by atoms with E-state index in [1.54, 1.807) is 0 Å². The first-order chi connectivity index (χ1) is 10.1. The molecule has 0 N–H and O–H groups in total. The van der Waals surface area contributed by atoms with Crippen LogP contribution in [0.3, 0.4) is 0 Å². The van der Waals surface area contributed by atoms with Gasteiger partial charge in [-0.2, -0.15) is 13.2 Å². The molecule has 1 aliphatic carbocycles. The van der Waals surface area contributed by atoms with E-state index in [0.29, 0.717) is 12.8 Å². The first-order valence-electron chi connectivity index (χ1n) is 6.70. The molecule has 0 amide bonds. The molecule has 0 aliphatic heterocycles. The number of carbonyl (C=O) groups is 2. The molecule has 0 bridgehead atoms. The Hall–Kier alpha value is -2.11. The lowest BCUT2D eigenvalue weighted by molar-refractivity contribution is -0.137. The third kappa shape index (κ3) is 3.96. The van der Waals surface area contributed by atoms with Crippen LogP contribution in [-0.4, -0.2) is 11.8 Å². The van der Waals surface area contributed by atoms with Crippen LogP contribution >= 0.6 is 0 Å². The van der Waals surface area contributed by atoms with Gasteiger partial charge >= 0.3 is 12.1 Å². The molecule has 0 saturated carbocycles. The second-order valence-corrected chi connectivity index (χ2v) is 6.06. The van der Waals surface area contributed by atoms with Crippen LogP contribution in [0.25, 0.3) is 0 Å². The normalized spacial score (nSPS) is 17.9. The quantitative estimate of drug-likeness (QED) is 0.771. The summed E-state index contributed by atoms with van der Waals surface area (Å²) >= 11 is 0. The van der Waals surface area contributed by atoms with Crippen molar-refractivity contribution in [1.82, 2.24) is 0 Å². The standard InChI is InChI=1S/C16H15F3O3/c1-15(2)8-12(20)7-13(9-15)22-14(21)10-3-5-11(6-4-10)16(17,18)19/h3-7H,8-9H2,1-2H3. The number of ether oxygens (including phenoxy) is 1. The van der Waals surface area contributed by atoms with Crippen LogP contribution in [0.5, 0.6) is 0 Å². The van der Waals surface area contributed by atoms with Crippen molar-refractivity contribution >= 4 is 11.8 Å². The monoisotopic (exact) mass is 312 g/mol. The predicted molar refractivity (Wildman–Crippen MR) is 73.0 cm³/mol. The molecule has 6 heteroatoms. The molecule has 0 unspecified atom stereocenters. The molecular weight excluding hydrogens is 297 g/mol. The molecule has 0 heterocycles. The van der Waals surface area contributed by atoms with Crippen LogP contribution in [0.1, 0.15) is 42.6 Å². The Morgan fingerprint density at radius 3 is 2.23 bits per heavy atom. The Morgan fingerprint density at radius 2 is 1.73 bits per heavy atom. The predicted octanol–water partition coefficient (Wildman–Crippen LogP) is 4.14. The molecule has 2 rings (SSSR count). The van der Waals surface area contributed by atoms with Gasteiger partial charge in [-0.15, -0.1) is 0 Å². The highest BCUT2D eigenvalue weighted by molar-refractivity contribution is 5.94. The Balaban J connectivity index is 2.11. The number of rotatable bonds is 2. The minimum atomic E-state index is -4.45. The first kappa shape index (κ1) is 16.3. The maximum Gasteiger partial charge on any atom is 0.416 e. The van der Waals surface area contributed by atoms with Crippen molar-refractivity contribution in [2.75, 3.05) is 0 Å². The summed E-state index contributed by atoms with van der Waals surface area (Å²) in [4.78, 5) is 23.5. The van der Waals surface area contributed by atoms with Crippen LogP contribution in [0.4, 0.5) is 13.2 Å². The van der Waals surface area contributed by atoms with E-state index in [-0.39, 0.29) is 22.5 Å². The zero-order valence-electron chi connectivity index (χ0n) is 12.2. The third-order valence-corrected chi connectivity index (χ3v) is 3.30. The van der Waals surface area contributed by atoms with Gasteiger partial charge in [0.15, 0.2) is 5.78 Å². The van der Waals surface area contributed by atoms with Gasteiger partial charge in [0.25, 0.3) is 0 Å². The van der Waals surface area contributed by atoms with E-state index in [9.17, 15) is 22.8 Å². The SMILES string of the molecule is CC1(C)CC(=O)C=C(OC(=O)c2ccc(C(F)(F)F)cc2)C1. The first-order valence-corrected chi connectivity index (χ1v) is 6.70. The highest BCUT2D eigenvalue weighted by atomic mass is 19.4. The highest BCUT2D eigenvalue weighted by Gasteiger charge is 2.31. The molecule has 118 valence electrons. The lowest BCUT2D eigenvalue weighted by Gasteiger charge is -2.27. The number of esters is 1. The highest BCUT2D eigenvalue weighted by Crippen LogP contribution is 2.34. The van der Waals surface area contributed by atoms with Crippen molar-refractivity contribution in [3.05, 3.63) is 47.2 Å². The van der Waals surface area contributed by atoms with E-state index < -0.39 is 17.7 Å². The van der Waals surface area contributed by atoms with E-state index in [1.807, 2.05) is 13.8 Å². The largest absolute Gasteiger partial charge is 0.427 e. The molecule has 0 aromatic heterocycles. The van der Waals surface area contributed by atoms with Crippen molar-refractivity contribution in [2.24, 2.45) is 5.41 Å². The zero-order chi connectivity index (χ0) is 16.5. The molecule has 22 heavy (non-hydrogen) atoms. The lowest BCUT2D eigenvalue weighted by Crippen LogP contribution is -2.23. The number of alkyl halides is 3. The summed E-state index contributed by atoms with van der Waals surface area (Å²) in [5.41, 5.74) is -1.14. The summed E-state index contributed by atoms with van der Waals surface area (Å²) in [7, 11) is 0. The molecule has 0 spiro atoms. The average Bonchev–Trinajstić information content (AvgIpc) is 2.35. The van der Waals surface area contributed by atoms with Crippen molar-refractivity contribution in [1.29, 1.82) is 0 Å². The van der Waals surface area contributed by atoms with Gasteiger partial charge in [0.05, 0.1) is 11.1 Å². The van der Waals surface area contributed by atoms with Gasteiger partial charge in [-0.3, -0.25) is 4.79 Å². The van der Waals surface area contributed by atoms with Crippen LogP contribution in [0, 0.1) is 5.41 Å². The number of ketones is 1. The van der Waals surface area contributed by atoms with E-state index in [4.69, 9.17) is 4.74 Å². The number of hydrogen-bond donors (Lipinski definition) is 0. The summed E-state index contributed by atoms with van der Waals surface area (Å²) in [6, 6.07) is 3.75. The van der Waals surface area contributed by atoms with Crippen molar-refractivity contribution in [3.63, 3.8) is 0 Å².